The van der Waals surface area contributed by atoms with Crippen molar-refractivity contribution in [2.75, 3.05) is 5.32 Å². The zero-order chi connectivity index (χ0) is 18.7. The van der Waals surface area contributed by atoms with E-state index >= 15 is 0 Å². The molecule has 0 spiro atoms. The molecule has 1 atom stereocenters. The van der Waals surface area contributed by atoms with E-state index < -0.39 is 18.0 Å². The van der Waals surface area contributed by atoms with Crippen molar-refractivity contribution < 1.29 is 18.8 Å². The Labute approximate surface area is 154 Å². The van der Waals surface area contributed by atoms with Crippen molar-refractivity contribution in [1.82, 2.24) is 10.1 Å². The molecule has 134 valence electrons. The lowest BCUT2D eigenvalue weighted by Gasteiger charge is -2.17. The van der Waals surface area contributed by atoms with Gasteiger partial charge in [0.2, 0.25) is 6.10 Å². The van der Waals surface area contributed by atoms with Crippen molar-refractivity contribution in [2.24, 2.45) is 0 Å². The molecule has 1 aromatic carbocycles. The molecule has 0 aliphatic heterocycles. The van der Waals surface area contributed by atoms with Gasteiger partial charge in [-0.1, -0.05) is 35.5 Å². The maximum absolute atomic E-state index is 12.7. The summed E-state index contributed by atoms with van der Waals surface area (Å²) in [6, 6.07) is 10.4. The highest BCUT2D eigenvalue weighted by Crippen LogP contribution is 2.25. The van der Waals surface area contributed by atoms with Gasteiger partial charge in [-0.3, -0.25) is 4.79 Å². The molecule has 1 unspecified atom stereocenters. The standard InChI is InChI=1S/C18H17N3O4S/c1-10-9-14(21-25-10)20-17(22)15(13-7-5-4-6-8-13)24-18(23)16-11(2)19-12(3)26-16/h4-9,15H,1-3H3,(H,20,21,22). The Morgan fingerprint density at radius 1 is 1.19 bits per heavy atom. The summed E-state index contributed by atoms with van der Waals surface area (Å²) in [5.41, 5.74) is 1.13. The van der Waals surface area contributed by atoms with Gasteiger partial charge in [0.05, 0.1) is 10.7 Å². The highest BCUT2D eigenvalue weighted by atomic mass is 32.1. The van der Waals surface area contributed by atoms with Gasteiger partial charge in [-0.05, 0) is 20.8 Å². The van der Waals surface area contributed by atoms with Crippen molar-refractivity contribution in [3.8, 4) is 0 Å². The van der Waals surface area contributed by atoms with Crippen molar-refractivity contribution in [3.63, 3.8) is 0 Å². The van der Waals surface area contributed by atoms with Crippen LogP contribution in [0, 0.1) is 20.8 Å². The predicted octanol–water partition coefficient (Wildman–Crippen LogP) is 3.59. The fourth-order valence-corrected chi connectivity index (χ4v) is 3.20. The van der Waals surface area contributed by atoms with Crippen LogP contribution in [0.15, 0.2) is 40.9 Å². The second-order valence-electron chi connectivity index (χ2n) is 5.66. The first kappa shape index (κ1) is 17.8. The molecule has 2 aromatic heterocycles. The number of hydrogen-bond acceptors (Lipinski definition) is 7. The predicted molar refractivity (Wildman–Crippen MR) is 96.1 cm³/mol. The Kier molecular flexibility index (Phi) is 5.13. The van der Waals surface area contributed by atoms with E-state index in [9.17, 15) is 9.59 Å². The second-order valence-corrected chi connectivity index (χ2v) is 6.86. The molecule has 3 aromatic rings. The normalized spacial score (nSPS) is 11.8. The van der Waals surface area contributed by atoms with E-state index in [0.717, 1.165) is 5.01 Å². The molecule has 3 rings (SSSR count). The lowest BCUT2D eigenvalue weighted by atomic mass is 10.1. The lowest BCUT2D eigenvalue weighted by molar-refractivity contribution is -0.125. The van der Waals surface area contributed by atoms with E-state index in [0.29, 0.717) is 21.9 Å². The molecule has 0 saturated heterocycles. The van der Waals surface area contributed by atoms with Crippen LogP contribution in [0.5, 0.6) is 0 Å². The molecule has 0 bridgehead atoms. The smallest absolute Gasteiger partial charge is 0.351 e. The average Bonchev–Trinajstić information content (AvgIpc) is 3.17. The van der Waals surface area contributed by atoms with Gasteiger partial charge >= 0.3 is 5.97 Å². The number of carbonyl (C=O) groups is 2. The number of aryl methyl sites for hydroxylation is 3. The van der Waals surface area contributed by atoms with E-state index in [4.69, 9.17) is 9.26 Å². The lowest BCUT2D eigenvalue weighted by Crippen LogP contribution is -2.26. The van der Waals surface area contributed by atoms with Crippen molar-refractivity contribution in [3.05, 3.63) is 63.3 Å². The Bertz CT molecular complexity index is 933. The van der Waals surface area contributed by atoms with Crippen LogP contribution in [0.1, 0.15) is 37.8 Å². The number of thiazole rings is 1. The number of aromatic nitrogens is 2. The van der Waals surface area contributed by atoms with Gasteiger partial charge in [0.1, 0.15) is 10.6 Å². The summed E-state index contributed by atoms with van der Waals surface area (Å²) in [5, 5.41) is 7.09. The summed E-state index contributed by atoms with van der Waals surface area (Å²) in [5.74, 6) is -0.288. The molecule has 8 heteroatoms. The Morgan fingerprint density at radius 2 is 1.92 bits per heavy atom. The summed E-state index contributed by atoms with van der Waals surface area (Å²) in [6.45, 7) is 5.25. The van der Waals surface area contributed by atoms with Crippen LogP contribution in [0.2, 0.25) is 0 Å². The number of nitrogens with one attached hydrogen (secondary N) is 1. The molecular formula is C18H17N3O4S. The molecule has 0 radical (unpaired) electrons. The Morgan fingerprint density at radius 3 is 2.50 bits per heavy atom. The average molecular weight is 371 g/mol. The van der Waals surface area contributed by atoms with E-state index in [2.05, 4.69) is 15.5 Å². The first-order valence-corrected chi connectivity index (χ1v) is 8.70. The molecule has 0 aliphatic carbocycles. The number of benzene rings is 1. The van der Waals surface area contributed by atoms with Crippen molar-refractivity contribution in [1.29, 1.82) is 0 Å². The molecule has 7 nitrogen and oxygen atoms in total. The van der Waals surface area contributed by atoms with Crippen LogP contribution in [0.3, 0.4) is 0 Å². The fourth-order valence-electron chi connectivity index (χ4n) is 2.40. The number of amides is 1. The van der Waals surface area contributed by atoms with E-state index in [-0.39, 0.29) is 5.82 Å². The van der Waals surface area contributed by atoms with E-state index in [1.54, 1.807) is 44.2 Å². The largest absolute Gasteiger partial charge is 0.443 e. The highest BCUT2D eigenvalue weighted by molar-refractivity contribution is 7.13. The van der Waals surface area contributed by atoms with Crippen LogP contribution < -0.4 is 5.32 Å². The van der Waals surface area contributed by atoms with E-state index in [1.165, 1.54) is 11.3 Å². The molecule has 2 heterocycles. The summed E-state index contributed by atoms with van der Waals surface area (Å²) >= 11 is 1.23. The molecular weight excluding hydrogens is 354 g/mol. The topological polar surface area (TPSA) is 94.3 Å². The third-order valence-corrected chi connectivity index (χ3v) is 4.59. The fraction of sp³-hybridized carbons (Fsp3) is 0.222. The molecule has 0 aliphatic rings. The number of ether oxygens (including phenoxy) is 1. The first-order chi connectivity index (χ1) is 12.4. The minimum Gasteiger partial charge on any atom is -0.443 e. The van der Waals surface area contributed by atoms with Gasteiger partial charge in [0, 0.05) is 11.6 Å². The Hall–Kier alpha value is -3.00. The van der Waals surface area contributed by atoms with Gasteiger partial charge in [-0.25, -0.2) is 9.78 Å². The number of anilines is 1. The van der Waals surface area contributed by atoms with Crippen molar-refractivity contribution in [2.45, 2.75) is 26.9 Å². The second kappa shape index (κ2) is 7.49. The third-order valence-electron chi connectivity index (χ3n) is 3.53. The number of carbonyl (C=O) groups excluding carboxylic acids is 2. The van der Waals surface area contributed by atoms with Crippen LogP contribution >= 0.6 is 11.3 Å². The molecule has 26 heavy (non-hydrogen) atoms. The molecule has 0 fully saturated rings. The minimum absolute atomic E-state index is 0.259. The van der Waals surface area contributed by atoms with Gasteiger partial charge in [0.25, 0.3) is 5.91 Å². The van der Waals surface area contributed by atoms with Crippen LogP contribution in [0.25, 0.3) is 0 Å². The van der Waals surface area contributed by atoms with Crippen molar-refractivity contribution >= 4 is 29.0 Å². The van der Waals surface area contributed by atoms with Gasteiger partial charge < -0.3 is 14.6 Å². The monoisotopic (exact) mass is 371 g/mol. The van der Waals surface area contributed by atoms with Crippen LogP contribution in [0.4, 0.5) is 5.82 Å². The number of nitrogens with zero attached hydrogens (tertiary/aromatic N) is 2. The zero-order valence-corrected chi connectivity index (χ0v) is 15.3. The number of hydrogen-bond donors (Lipinski definition) is 1. The van der Waals surface area contributed by atoms with Gasteiger partial charge in [-0.2, -0.15) is 0 Å². The first-order valence-electron chi connectivity index (χ1n) is 7.88. The van der Waals surface area contributed by atoms with E-state index in [1.807, 2.05) is 13.0 Å². The summed E-state index contributed by atoms with van der Waals surface area (Å²) in [4.78, 5) is 29.9. The maximum Gasteiger partial charge on any atom is 0.351 e. The number of rotatable bonds is 5. The minimum atomic E-state index is -1.12. The highest BCUT2D eigenvalue weighted by Gasteiger charge is 2.28. The quantitative estimate of drug-likeness (QED) is 0.689. The molecule has 0 saturated carbocycles. The SMILES string of the molecule is Cc1cc(NC(=O)C(OC(=O)c2sc(C)nc2C)c2ccccc2)no1. The Balaban J connectivity index is 1.85. The molecule has 1 amide bonds. The van der Waals surface area contributed by atoms with Crippen LogP contribution in [-0.4, -0.2) is 22.0 Å². The van der Waals surface area contributed by atoms with Crippen LogP contribution in [-0.2, 0) is 9.53 Å². The number of esters is 1. The summed E-state index contributed by atoms with van der Waals surface area (Å²) < 4.78 is 10.5. The zero-order valence-electron chi connectivity index (χ0n) is 14.5. The molecule has 1 N–H and O–H groups in total. The van der Waals surface area contributed by atoms with Gasteiger partial charge in [-0.15, -0.1) is 11.3 Å². The summed E-state index contributed by atoms with van der Waals surface area (Å²) in [6.07, 6.45) is -1.12. The maximum atomic E-state index is 12.7. The third kappa shape index (κ3) is 3.97. The van der Waals surface area contributed by atoms with Gasteiger partial charge in [0.15, 0.2) is 5.82 Å². The summed E-state index contributed by atoms with van der Waals surface area (Å²) in [7, 11) is 0.